The van der Waals surface area contributed by atoms with Crippen molar-refractivity contribution in [1.82, 2.24) is 20.1 Å². The highest BCUT2D eigenvalue weighted by Gasteiger charge is 2.27. The van der Waals surface area contributed by atoms with Crippen LogP contribution < -0.4 is 5.32 Å². The van der Waals surface area contributed by atoms with Crippen molar-refractivity contribution in [2.75, 3.05) is 0 Å². The molecule has 7 heteroatoms. The van der Waals surface area contributed by atoms with Gasteiger partial charge in [-0.15, -0.1) is 5.10 Å². The Morgan fingerprint density at radius 3 is 2.57 bits per heavy atom. The predicted molar refractivity (Wildman–Crippen MR) is 144 cm³/mol. The average molecular weight is 507 g/mol. The van der Waals surface area contributed by atoms with E-state index in [0.29, 0.717) is 35.0 Å². The number of nitrogens with zero attached hydrogens (tertiary/aromatic N) is 3. The van der Waals surface area contributed by atoms with Gasteiger partial charge in [0.05, 0.1) is 5.41 Å². The van der Waals surface area contributed by atoms with Crippen LogP contribution in [0.2, 0.25) is 0 Å². The second-order valence-electron chi connectivity index (χ2n) is 12.0. The van der Waals surface area contributed by atoms with Crippen LogP contribution >= 0.6 is 0 Å². The van der Waals surface area contributed by atoms with Gasteiger partial charge < -0.3 is 10.1 Å². The van der Waals surface area contributed by atoms with Gasteiger partial charge in [0.1, 0.15) is 12.1 Å². The van der Waals surface area contributed by atoms with Crippen molar-refractivity contribution < 1.29 is 13.9 Å². The Morgan fingerprint density at radius 2 is 1.89 bits per heavy atom. The minimum absolute atomic E-state index is 0.00479. The molecule has 0 aliphatic heterocycles. The second-order valence-corrected chi connectivity index (χ2v) is 12.0. The highest BCUT2D eigenvalue weighted by Crippen LogP contribution is 2.35. The van der Waals surface area contributed by atoms with Gasteiger partial charge in [0, 0.05) is 29.3 Å². The van der Waals surface area contributed by atoms with Crippen molar-refractivity contribution in [3.8, 4) is 22.5 Å². The molecule has 0 bridgehead atoms. The Balaban J connectivity index is 1.44. The fraction of sp³-hybridized carbons (Fsp3) is 0.500. The Morgan fingerprint density at radius 1 is 1.16 bits per heavy atom. The van der Waals surface area contributed by atoms with Crippen molar-refractivity contribution in [1.29, 1.82) is 0 Å². The van der Waals surface area contributed by atoms with E-state index in [1.54, 1.807) is 20.8 Å². The van der Waals surface area contributed by atoms with E-state index in [4.69, 9.17) is 4.74 Å². The Kier molecular flexibility index (Phi) is 7.83. The number of halogens is 1. The van der Waals surface area contributed by atoms with Crippen molar-refractivity contribution in [3.63, 3.8) is 0 Å². The van der Waals surface area contributed by atoms with E-state index in [2.05, 4.69) is 29.2 Å². The molecule has 0 radical (unpaired) electrons. The van der Waals surface area contributed by atoms with Crippen molar-refractivity contribution in [3.05, 3.63) is 59.7 Å². The van der Waals surface area contributed by atoms with Crippen molar-refractivity contribution in [2.45, 2.75) is 86.5 Å². The number of benzene rings is 2. The number of rotatable bonds is 7. The molecule has 1 aliphatic carbocycles. The van der Waals surface area contributed by atoms with Gasteiger partial charge in [0.2, 0.25) is 0 Å². The zero-order valence-corrected chi connectivity index (χ0v) is 22.9. The van der Waals surface area contributed by atoms with E-state index in [1.165, 1.54) is 23.9 Å². The lowest BCUT2D eigenvalue weighted by atomic mass is 9.75. The number of carbonyl (C=O) groups excluding carboxylic acids is 1. The van der Waals surface area contributed by atoms with Crippen LogP contribution in [0.25, 0.3) is 22.5 Å². The molecule has 1 aliphatic rings. The van der Waals surface area contributed by atoms with Crippen LogP contribution in [0.1, 0.15) is 71.4 Å². The van der Waals surface area contributed by atoms with E-state index in [-0.39, 0.29) is 18.5 Å². The molecule has 1 N–H and O–H groups in total. The number of hydrogen-bond donors (Lipinski definition) is 1. The summed E-state index contributed by atoms with van der Waals surface area (Å²) in [6, 6.07) is 11.9. The lowest BCUT2D eigenvalue weighted by Gasteiger charge is -2.34. The van der Waals surface area contributed by atoms with Crippen LogP contribution in [0.15, 0.2) is 42.7 Å². The minimum atomic E-state index is -0.577. The summed E-state index contributed by atoms with van der Waals surface area (Å²) >= 11 is 0. The first-order valence-electron chi connectivity index (χ1n) is 13.1. The van der Waals surface area contributed by atoms with Crippen LogP contribution in [-0.4, -0.2) is 26.8 Å². The van der Waals surface area contributed by atoms with E-state index < -0.39 is 5.41 Å². The number of ether oxygens (including phenoxy) is 1. The summed E-state index contributed by atoms with van der Waals surface area (Å²) in [6.45, 7) is 12.6. The summed E-state index contributed by atoms with van der Waals surface area (Å²) < 4.78 is 22.4. The monoisotopic (exact) mass is 506 g/mol. The van der Waals surface area contributed by atoms with Crippen molar-refractivity contribution in [2.24, 2.45) is 10.8 Å². The van der Waals surface area contributed by atoms with Crippen LogP contribution in [-0.2, 0) is 22.8 Å². The van der Waals surface area contributed by atoms with Gasteiger partial charge in [0.15, 0.2) is 12.6 Å². The molecule has 1 heterocycles. The molecule has 0 unspecified atom stereocenters. The summed E-state index contributed by atoms with van der Waals surface area (Å²) in [5, 5.41) is 8.01. The maximum Gasteiger partial charge on any atom is 0.313 e. The van der Waals surface area contributed by atoms with Gasteiger partial charge in [-0.3, -0.25) is 4.79 Å². The van der Waals surface area contributed by atoms with Crippen molar-refractivity contribution >= 4 is 5.97 Å². The molecular formula is C30H39FN4O2. The van der Waals surface area contributed by atoms with Gasteiger partial charge in [-0.2, -0.15) is 0 Å². The Labute approximate surface area is 219 Å². The average Bonchev–Trinajstić information content (AvgIpc) is 3.31. The second kappa shape index (κ2) is 10.7. The number of aryl methyl sites for hydroxylation is 1. The highest BCUT2D eigenvalue weighted by atomic mass is 19.1. The topological polar surface area (TPSA) is 69.0 Å². The summed E-state index contributed by atoms with van der Waals surface area (Å²) in [5.74, 6) is 0.0486. The predicted octanol–water partition coefficient (Wildman–Crippen LogP) is 6.66. The maximum absolute atomic E-state index is 15.6. The maximum atomic E-state index is 15.6. The molecule has 1 aromatic heterocycles. The van der Waals surface area contributed by atoms with Crippen LogP contribution in [0.3, 0.4) is 0 Å². The smallest absolute Gasteiger partial charge is 0.313 e. The van der Waals surface area contributed by atoms with Gasteiger partial charge in [0.25, 0.3) is 0 Å². The standard InChI is InChI=1S/C30H39FN4O2/c1-20-16-21(27-33-18-35(34-27)19-37-28(36)29(2,3)4)10-11-24(20)25-9-7-8-22(26(25)31)17-32-23-12-14-30(5,6)15-13-23/h7-11,16,18,23,32H,12-15,17,19H2,1-6H3. The summed E-state index contributed by atoms with van der Waals surface area (Å²) in [7, 11) is 0. The largest absolute Gasteiger partial charge is 0.442 e. The molecule has 4 rings (SSSR count). The summed E-state index contributed by atoms with van der Waals surface area (Å²) in [5.41, 5.74) is 3.73. The first kappa shape index (κ1) is 27.0. The van der Waals surface area contributed by atoms with Gasteiger partial charge >= 0.3 is 5.97 Å². The van der Waals surface area contributed by atoms with Gasteiger partial charge in [-0.25, -0.2) is 14.1 Å². The van der Waals surface area contributed by atoms with Gasteiger partial charge in [-0.1, -0.05) is 44.2 Å². The molecule has 1 fully saturated rings. The molecule has 0 atom stereocenters. The van der Waals surface area contributed by atoms with E-state index in [0.717, 1.165) is 29.5 Å². The first-order valence-corrected chi connectivity index (χ1v) is 13.1. The number of esters is 1. The Bertz CT molecular complexity index is 1250. The molecule has 0 saturated heterocycles. The SMILES string of the molecule is Cc1cc(-c2ncn(COC(=O)C(C)(C)C)n2)ccc1-c1cccc(CNC2CCC(C)(C)CC2)c1F. The molecular weight excluding hydrogens is 467 g/mol. The molecule has 37 heavy (non-hydrogen) atoms. The molecule has 0 amide bonds. The molecule has 6 nitrogen and oxygen atoms in total. The zero-order chi connectivity index (χ0) is 26.8. The van der Waals surface area contributed by atoms with Gasteiger partial charge in [-0.05, 0) is 76.0 Å². The third-order valence-electron chi connectivity index (χ3n) is 7.25. The summed E-state index contributed by atoms with van der Waals surface area (Å²) in [6.07, 6.45) is 6.22. The summed E-state index contributed by atoms with van der Waals surface area (Å²) in [4.78, 5) is 16.4. The van der Waals surface area contributed by atoms with E-state index in [9.17, 15) is 4.79 Å². The fourth-order valence-electron chi connectivity index (χ4n) is 4.72. The first-order chi connectivity index (χ1) is 17.4. The van der Waals surface area contributed by atoms with E-state index >= 15 is 4.39 Å². The van der Waals surface area contributed by atoms with Crippen LogP contribution in [0.4, 0.5) is 4.39 Å². The lowest BCUT2D eigenvalue weighted by molar-refractivity contribution is -0.157. The molecule has 1 saturated carbocycles. The third-order valence-corrected chi connectivity index (χ3v) is 7.25. The third kappa shape index (κ3) is 6.63. The van der Waals surface area contributed by atoms with Crippen LogP contribution in [0.5, 0.6) is 0 Å². The molecule has 0 spiro atoms. The highest BCUT2D eigenvalue weighted by molar-refractivity contribution is 5.75. The number of aromatic nitrogens is 3. The number of carbonyl (C=O) groups is 1. The lowest BCUT2D eigenvalue weighted by Crippen LogP contribution is -2.35. The van der Waals surface area contributed by atoms with Crippen LogP contribution in [0, 0.1) is 23.6 Å². The quantitative estimate of drug-likeness (QED) is 0.363. The minimum Gasteiger partial charge on any atom is -0.442 e. The zero-order valence-electron chi connectivity index (χ0n) is 22.9. The molecule has 3 aromatic rings. The fourth-order valence-corrected chi connectivity index (χ4v) is 4.72. The molecule has 198 valence electrons. The number of hydrogen-bond acceptors (Lipinski definition) is 5. The van der Waals surface area contributed by atoms with E-state index in [1.807, 2.05) is 43.3 Å². The normalized spacial score (nSPS) is 16.1. The number of nitrogens with one attached hydrogen (secondary N) is 1. The Hall–Kier alpha value is -3.06. The molecule has 2 aromatic carbocycles.